The molecule has 0 aliphatic carbocycles. The molecule has 1 aromatic rings. The summed E-state index contributed by atoms with van der Waals surface area (Å²) in [5, 5.41) is 12.5. The van der Waals surface area contributed by atoms with Crippen LogP contribution in [0.4, 0.5) is 10.1 Å². The SMILES string of the molecule is CC1CCNC(CO)CN1c1cccc(F)c1. The maximum absolute atomic E-state index is 13.2. The van der Waals surface area contributed by atoms with Gasteiger partial charge >= 0.3 is 0 Å². The van der Waals surface area contributed by atoms with Crippen molar-refractivity contribution in [3.05, 3.63) is 30.1 Å². The average Bonchev–Trinajstić information content (AvgIpc) is 2.51. The summed E-state index contributed by atoms with van der Waals surface area (Å²) in [5.74, 6) is -0.215. The molecule has 2 rings (SSSR count). The Bertz CT molecular complexity index is 372. The van der Waals surface area contributed by atoms with Crippen molar-refractivity contribution in [1.82, 2.24) is 5.32 Å². The molecule has 17 heavy (non-hydrogen) atoms. The van der Waals surface area contributed by atoms with Crippen molar-refractivity contribution in [1.29, 1.82) is 0 Å². The second-order valence-electron chi connectivity index (χ2n) is 4.60. The van der Waals surface area contributed by atoms with Crippen molar-refractivity contribution in [3.8, 4) is 0 Å². The van der Waals surface area contributed by atoms with Gasteiger partial charge in [0, 0.05) is 24.3 Å². The number of nitrogens with zero attached hydrogens (tertiary/aromatic N) is 1. The molecule has 0 saturated carbocycles. The molecule has 0 aromatic heterocycles. The molecule has 3 nitrogen and oxygen atoms in total. The zero-order valence-electron chi connectivity index (χ0n) is 10.1. The minimum absolute atomic E-state index is 0.0585. The van der Waals surface area contributed by atoms with Gasteiger partial charge in [0.05, 0.1) is 6.61 Å². The summed E-state index contributed by atoms with van der Waals surface area (Å²) in [7, 11) is 0. The highest BCUT2D eigenvalue weighted by Gasteiger charge is 2.22. The number of halogens is 1. The fraction of sp³-hybridized carbons (Fsp3) is 0.538. The van der Waals surface area contributed by atoms with Crippen molar-refractivity contribution in [3.63, 3.8) is 0 Å². The molecular formula is C13H19FN2O. The van der Waals surface area contributed by atoms with Crippen LogP contribution in [0.1, 0.15) is 13.3 Å². The maximum atomic E-state index is 13.2. The molecule has 2 N–H and O–H groups in total. The van der Waals surface area contributed by atoms with E-state index in [1.165, 1.54) is 6.07 Å². The highest BCUT2D eigenvalue weighted by molar-refractivity contribution is 5.47. The zero-order valence-corrected chi connectivity index (χ0v) is 10.1. The summed E-state index contributed by atoms with van der Waals surface area (Å²) in [4.78, 5) is 2.16. The molecule has 0 radical (unpaired) electrons. The van der Waals surface area contributed by atoms with Crippen molar-refractivity contribution >= 4 is 5.69 Å². The Morgan fingerprint density at radius 2 is 2.35 bits per heavy atom. The average molecular weight is 238 g/mol. The summed E-state index contributed by atoms with van der Waals surface area (Å²) in [6, 6.07) is 7.05. The number of nitrogens with one attached hydrogen (secondary N) is 1. The van der Waals surface area contributed by atoms with Gasteiger partial charge in [-0.3, -0.25) is 0 Å². The van der Waals surface area contributed by atoms with Crippen LogP contribution in [0.2, 0.25) is 0 Å². The van der Waals surface area contributed by atoms with E-state index in [1.807, 2.05) is 6.07 Å². The van der Waals surface area contributed by atoms with Gasteiger partial charge in [-0.15, -0.1) is 0 Å². The Labute approximate surface area is 101 Å². The molecule has 1 fully saturated rings. The van der Waals surface area contributed by atoms with E-state index in [0.717, 1.165) is 18.7 Å². The van der Waals surface area contributed by atoms with Gasteiger partial charge in [-0.2, -0.15) is 0 Å². The van der Waals surface area contributed by atoms with E-state index >= 15 is 0 Å². The number of anilines is 1. The normalized spacial score (nSPS) is 25.7. The smallest absolute Gasteiger partial charge is 0.125 e. The van der Waals surface area contributed by atoms with Crippen LogP contribution in [0.5, 0.6) is 0 Å². The van der Waals surface area contributed by atoms with E-state index in [9.17, 15) is 9.50 Å². The summed E-state index contributed by atoms with van der Waals surface area (Å²) in [5.41, 5.74) is 0.889. The lowest BCUT2D eigenvalue weighted by molar-refractivity contribution is 0.248. The number of benzene rings is 1. The van der Waals surface area contributed by atoms with E-state index in [0.29, 0.717) is 12.6 Å². The summed E-state index contributed by atoms with van der Waals surface area (Å²) < 4.78 is 13.2. The van der Waals surface area contributed by atoms with Crippen LogP contribution in [-0.2, 0) is 0 Å². The molecule has 94 valence electrons. The lowest BCUT2D eigenvalue weighted by Gasteiger charge is -2.31. The van der Waals surface area contributed by atoms with Gasteiger partial charge in [-0.05, 0) is 38.1 Å². The van der Waals surface area contributed by atoms with E-state index < -0.39 is 0 Å². The largest absolute Gasteiger partial charge is 0.395 e. The van der Waals surface area contributed by atoms with Crippen molar-refractivity contribution in [2.75, 3.05) is 24.6 Å². The maximum Gasteiger partial charge on any atom is 0.125 e. The predicted molar refractivity (Wildman–Crippen MR) is 66.7 cm³/mol. The van der Waals surface area contributed by atoms with Crippen LogP contribution in [0.25, 0.3) is 0 Å². The molecule has 0 amide bonds. The van der Waals surface area contributed by atoms with Crippen LogP contribution in [0.15, 0.2) is 24.3 Å². The first kappa shape index (κ1) is 12.3. The van der Waals surface area contributed by atoms with E-state index in [4.69, 9.17) is 0 Å². The standard InChI is InChI=1S/C13H19FN2O/c1-10-5-6-15-12(9-17)8-16(10)13-4-2-3-11(14)7-13/h2-4,7,10,12,15,17H,5-6,8-9H2,1H3. The first-order valence-electron chi connectivity index (χ1n) is 6.07. The number of aliphatic hydroxyl groups excluding tert-OH is 1. The van der Waals surface area contributed by atoms with Crippen LogP contribution < -0.4 is 10.2 Å². The quantitative estimate of drug-likeness (QED) is 0.817. The van der Waals surface area contributed by atoms with E-state index in [2.05, 4.69) is 17.1 Å². The van der Waals surface area contributed by atoms with Crippen LogP contribution in [-0.4, -0.2) is 36.9 Å². The molecule has 1 aliphatic rings. The lowest BCUT2D eigenvalue weighted by atomic mass is 10.1. The fourth-order valence-corrected chi connectivity index (χ4v) is 2.27. The summed E-state index contributed by atoms with van der Waals surface area (Å²) in [6.45, 7) is 3.84. The Kier molecular flexibility index (Phi) is 3.97. The van der Waals surface area contributed by atoms with Gasteiger partial charge in [0.1, 0.15) is 5.82 Å². The summed E-state index contributed by atoms with van der Waals surface area (Å²) >= 11 is 0. The molecule has 1 aliphatic heterocycles. The molecule has 4 heteroatoms. The number of rotatable bonds is 2. The molecule has 0 bridgehead atoms. The fourth-order valence-electron chi connectivity index (χ4n) is 2.27. The van der Waals surface area contributed by atoms with Gasteiger partial charge in [-0.1, -0.05) is 6.07 Å². The monoisotopic (exact) mass is 238 g/mol. The Morgan fingerprint density at radius 1 is 1.53 bits per heavy atom. The van der Waals surface area contributed by atoms with Crippen LogP contribution in [0.3, 0.4) is 0 Å². The van der Waals surface area contributed by atoms with Gasteiger partial charge in [0.15, 0.2) is 0 Å². The van der Waals surface area contributed by atoms with E-state index in [1.54, 1.807) is 12.1 Å². The molecular weight excluding hydrogens is 219 g/mol. The van der Waals surface area contributed by atoms with Crippen molar-refractivity contribution in [2.45, 2.75) is 25.4 Å². The molecule has 1 aromatic carbocycles. The van der Waals surface area contributed by atoms with E-state index in [-0.39, 0.29) is 18.5 Å². The van der Waals surface area contributed by atoms with Gasteiger partial charge in [0.25, 0.3) is 0 Å². The first-order valence-corrected chi connectivity index (χ1v) is 6.07. The highest BCUT2D eigenvalue weighted by Crippen LogP contribution is 2.21. The Morgan fingerprint density at radius 3 is 3.06 bits per heavy atom. The third-order valence-corrected chi connectivity index (χ3v) is 3.30. The van der Waals surface area contributed by atoms with Crippen molar-refractivity contribution in [2.24, 2.45) is 0 Å². The Hall–Kier alpha value is -1.13. The van der Waals surface area contributed by atoms with Gasteiger partial charge in [0.2, 0.25) is 0 Å². The zero-order chi connectivity index (χ0) is 12.3. The van der Waals surface area contributed by atoms with Gasteiger partial charge < -0.3 is 15.3 Å². The first-order chi connectivity index (χ1) is 8.20. The lowest BCUT2D eigenvalue weighted by Crippen LogP contribution is -2.42. The number of hydrogen-bond donors (Lipinski definition) is 2. The van der Waals surface area contributed by atoms with Gasteiger partial charge in [-0.25, -0.2) is 4.39 Å². The molecule has 2 atom stereocenters. The topological polar surface area (TPSA) is 35.5 Å². The van der Waals surface area contributed by atoms with Crippen LogP contribution in [0, 0.1) is 5.82 Å². The third kappa shape index (κ3) is 2.96. The number of aliphatic hydroxyl groups is 1. The van der Waals surface area contributed by atoms with Crippen molar-refractivity contribution < 1.29 is 9.50 Å². The predicted octanol–water partition coefficient (Wildman–Crippen LogP) is 1.37. The minimum atomic E-state index is -0.215. The molecule has 1 heterocycles. The summed E-state index contributed by atoms with van der Waals surface area (Å²) in [6.07, 6.45) is 0.993. The Balaban J connectivity index is 2.21. The minimum Gasteiger partial charge on any atom is -0.395 e. The molecule has 2 unspecified atom stereocenters. The third-order valence-electron chi connectivity index (χ3n) is 3.30. The highest BCUT2D eigenvalue weighted by atomic mass is 19.1. The second kappa shape index (κ2) is 5.47. The molecule has 1 saturated heterocycles. The van der Waals surface area contributed by atoms with Crippen LogP contribution >= 0.6 is 0 Å². The number of hydrogen-bond acceptors (Lipinski definition) is 3. The molecule has 0 spiro atoms. The second-order valence-corrected chi connectivity index (χ2v) is 4.60.